The van der Waals surface area contributed by atoms with Gasteiger partial charge in [0.25, 0.3) is 5.69 Å². The summed E-state index contributed by atoms with van der Waals surface area (Å²) < 4.78 is 0. The summed E-state index contributed by atoms with van der Waals surface area (Å²) in [7, 11) is 0. The Morgan fingerprint density at radius 2 is 2.05 bits per heavy atom. The molecule has 2 rings (SSSR count). The van der Waals surface area contributed by atoms with Gasteiger partial charge in [0, 0.05) is 18.1 Å². The van der Waals surface area contributed by atoms with Crippen molar-refractivity contribution in [2.24, 2.45) is 0 Å². The number of hydrogen-bond acceptors (Lipinski definition) is 5. The Labute approximate surface area is 114 Å². The number of aryl methyl sites for hydroxylation is 2. The van der Waals surface area contributed by atoms with Crippen LogP contribution in [0.5, 0.6) is 0 Å². The average molecular weight is 276 g/mol. The second-order valence-electron chi connectivity index (χ2n) is 4.13. The van der Waals surface area contributed by atoms with Crippen LogP contribution in [-0.2, 0) is 6.42 Å². The Balaban J connectivity index is 2.29. The molecule has 2 aromatic rings. The number of hydrogen-bond donors (Lipinski definition) is 0. The van der Waals surface area contributed by atoms with Crippen molar-refractivity contribution in [2.45, 2.75) is 20.3 Å². The predicted octanol–water partition coefficient (Wildman–Crippen LogP) is 3.09. The standard InChI is InChI=1S/C13H12N2O3S/c1-8-13(19-9(2)14-8)12(16)7-10-5-3-4-6-11(10)15(17)18/h3-6H,7H2,1-2H3. The van der Waals surface area contributed by atoms with Crippen LogP contribution in [-0.4, -0.2) is 15.7 Å². The number of thiazole rings is 1. The molecule has 0 bridgehead atoms. The Kier molecular flexibility index (Phi) is 3.71. The molecule has 0 radical (unpaired) electrons. The Bertz CT molecular complexity index is 649. The molecule has 0 fully saturated rings. The summed E-state index contributed by atoms with van der Waals surface area (Å²) in [6, 6.07) is 6.31. The van der Waals surface area contributed by atoms with Crippen LogP contribution in [0.3, 0.4) is 0 Å². The number of Topliss-reactive ketones (excluding diaryl/α,β-unsaturated/α-hetero) is 1. The highest BCUT2D eigenvalue weighted by molar-refractivity contribution is 7.13. The summed E-state index contributed by atoms with van der Waals surface area (Å²) in [4.78, 5) is 27.4. The fourth-order valence-corrected chi connectivity index (χ4v) is 2.74. The molecule has 0 N–H and O–H groups in total. The van der Waals surface area contributed by atoms with E-state index in [4.69, 9.17) is 0 Å². The van der Waals surface area contributed by atoms with Gasteiger partial charge in [0.05, 0.1) is 20.5 Å². The first-order chi connectivity index (χ1) is 8.99. The zero-order valence-electron chi connectivity index (χ0n) is 10.5. The summed E-state index contributed by atoms with van der Waals surface area (Å²) in [6.07, 6.45) is 0.0274. The number of nitrogens with zero attached hydrogens (tertiary/aromatic N) is 2. The first-order valence-corrected chi connectivity index (χ1v) is 6.50. The summed E-state index contributed by atoms with van der Waals surface area (Å²) in [5.41, 5.74) is 1.10. The van der Waals surface area contributed by atoms with Crippen LogP contribution < -0.4 is 0 Å². The molecule has 6 heteroatoms. The molecule has 0 saturated heterocycles. The topological polar surface area (TPSA) is 73.1 Å². The Morgan fingerprint density at radius 3 is 2.63 bits per heavy atom. The maximum absolute atomic E-state index is 12.2. The van der Waals surface area contributed by atoms with Gasteiger partial charge >= 0.3 is 0 Å². The molecular weight excluding hydrogens is 264 g/mol. The van der Waals surface area contributed by atoms with Crippen molar-refractivity contribution in [2.75, 3.05) is 0 Å². The molecule has 1 aromatic heterocycles. The summed E-state index contributed by atoms with van der Waals surface area (Å²) in [6.45, 7) is 3.61. The van der Waals surface area contributed by atoms with Crippen LogP contribution in [0.15, 0.2) is 24.3 Å². The van der Waals surface area contributed by atoms with Crippen LogP contribution in [0.25, 0.3) is 0 Å². The van der Waals surface area contributed by atoms with Gasteiger partial charge in [-0.3, -0.25) is 14.9 Å². The molecule has 98 valence electrons. The molecule has 19 heavy (non-hydrogen) atoms. The highest BCUT2D eigenvalue weighted by atomic mass is 32.1. The van der Waals surface area contributed by atoms with Gasteiger partial charge in [-0.15, -0.1) is 11.3 Å². The number of nitro groups is 1. The Morgan fingerprint density at radius 1 is 1.37 bits per heavy atom. The molecule has 1 heterocycles. The highest BCUT2D eigenvalue weighted by Crippen LogP contribution is 2.23. The van der Waals surface area contributed by atoms with E-state index in [-0.39, 0.29) is 17.9 Å². The maximum Gasteiger partial charge on any atom is 0.273 e. The maximum atomic E-state index is 12.2. The predicted molar refractivity (Wildman–Crippen MR) is 72.7 cm³/mol. The Hall–Kier alpha value is -2.08. The third kappa shape index (κ3) is 2.85. The number of aromatic nitrogens is 1. The van der Waals surface area contributed by atoms with E-state index in [0.29, 0.717) is 16.1 Å². The van der Waals surface area contributed by atoms with Crippen molar-refractivity contribution >= 4 is 22.8 Å². The first kappa shape index (κ1) is 13.4. The minimum Gasteiger partial charge on any atom is -0.293 e. The van der Waals surface area contributed by atoms with Crippen LogP contribution in [0.1, 0.15) is 25.9 Å². The lowest BCUT2D eigenvalue weighted by atomic mass is 10.1. The number of rotatable bonds is 4. The molecule has 0 atom stereocenters. The first-order valence-electron chi connectivity index (χ1n) is 5.68. The van der Waals surface area contributed by atoms with E-state index in [1.165, 1.54) is 17.4 Å². The molecule has 0 amide bonds. The zero-order chi connectivity index (χ0) is 14.0. The van der Waals surface area contributed by atoms with Gasteiger partial charge in [0.15, 0.2) is 5.78 Å². The van der Waals surface area contributed by atoms with E-state index in [1.807, 2.05) is 6.92 Å². The lowest BCUT2D eigenvalue weighted by Gasteiger charge is -2.01. The van der Waals surface area contributed by atoms with Crippen molar-refractivity contribution in [3.63, 3.8) is 0 Å². The van der Waals surface area contributed by atoms with Gasteiger partial charge in [-0.2, -0.15) is 0 Å². The molecule has 0 aliphatic heterocycles. The van der Waals surface area contributed by atoms with Crippen molar-refractivity contribution in [3.05, 3.63) is 55.5 Å². The van der Waals surface area contributed by atoms with Gasteiger partial charge < -0.3 is 0 Å². The van der Waals surface area contributed by atoms with Gasteiger partial charge in [0.1, 0.15) is 0 Å². The van der Waals surface area contributed by atoms with E-state index >= 15 is 0 Å². The van der Waals surface area contributed by atoms with Crippen molar-refractivity contribution in [1.82, 2.24) is 4.98 Å². The van der Waals surface area contributed by atoms with E-state index in [2.05, 4.69) is 4.98 Å². The van der Waals surface area contributed by atoms with Gasteiger partial charge in [0.2, 0.25) is 0 Å². The molecule has 0 saturated carbocycles. The minimum absolute atomic E-state index is 0.0188. The number of benzene rings is 1. The third-order valence-corrected chi connectivity index (χ3v) is 3.81. The number of ketones is 1. The van der Waals surface area contributed by atoms with Crippen LogP contribution in [0.4, 0.5) is 5.69 Å². The van der Waals surface area contributed by atoms with Gasteiger partial charge in [-0.25, -0.2) is 4.98 Å². The summed E-state index contributed by atoms with van der Waals surface area (Å²) >= 11 is 1.33. The molecule has 0 unspecified atom stereocenters. The molecule has 1 aromatic carbocycles. The number of nitro benzene ring substituents is 1. The smallest absolute Gasteiger partial charge is 0.273 e. The molecule has 0 spiro atoms. The summed E-state index contributed by atoms with van der Waals surface area (Å²) in [5.74, 6) is -0.127. The SMILES string of the molecule is Cc1nc(C)c(C(=O)Cc2ccccc2[N+](=O)[O-])s1. The number of carbonyl (C=O) groups is 1. The monoisotopic (exact) mass is 276 g/mol. The fourth-order valence-electron chi connectivity index (χ4n) is 1.88. The number of para-hydroxylation sites is 1. The van der Waals surface area contributed by atoms with Crippen molar-refractivity contribution < 1.29 is 9.72 Å². The quantitative estimate of drug-likeness (QED) is 0.488. The van der Waals surface area contributed by atoms with Crippen molar-refractivity contribution in [1.29, 1.82) is 0 Å². The average Bonchev–Trinajstić information content (AvgIpc) is 2.69. The van der Waals surface area contributed by atoms with Gasteiger partial charge in [-0.1, -0.05) is 18.2 Å². The van der Waals surface area contributed by atoms with Crippen LogP contribution in [0.2, 0.25) is 0 Å². The minimum atomic E-state index is -0.465. The molecule has 0 aliphatic carbocycles. The van der Waals surface area contributed by atoms with Crippen LogP contribution in [0, 0.1) is 24.0 Å². The van der Waals surface area contributed by atoms with E-state index in [0.717, 1.165) is 5.01 Å². The van der Waals surface area contributed by atoms with Crippen LogP contribution >= 0.6 is 11.3 Å². The van der Waals surface area contributed by atoms with E-state index < -0.39 is 4.92 Å². The third-order valence-electron chi connectivity index (χ3n) is 2.70. The second-order valence-corrected chi connectivity index (χ2v) is 5.34. The largest absolute Gasteiger partial charge is 0.293 e. The summed E-state index contributed by atoms with van der Waals surface area (Å²) in [5, 5.41) is 11.7. The molecule has 0 aliphatic rings. The normalized spacial score (nSPS) is 10.4. The lowest BCUT2D eigenvalue weighted by molar-refractivity contribution is -0.385. The second kappa shape index (κ2) is 5.27. The zero-order valence-corrected chi connectivity index (χ0v) is 11.4. The van der Waals surface area contributed by atoms with E-state index in [1.54, 1.807) is 25.1 Å². The lowest BCUT2D eigenvalue weighted by Crippen LogP contribution is -2.05. The van der Waals surface area contributed by atoms with Gasteiger partial charge in [-0.05, 0) is 13.8 Å². The van der Waals surface area contributed by atoms with E-state index in [9.17, 15) is 14.9 Å². The highest BCUT2D eigenvalue weighted by Gasteiger charge is 2.19. The molecular formula is C13H12N2O3S. The van der Waals surface area contributed by atoms with Crippen molar-refractivity contribution in [3.8, 4) is 0 Å². The fraction of sp³-hybridized carbons (Fsp3) is 0.231. The number of carbonyl (C=O) groups excluding carboxylic acids is 1. The molecule has 5 nitrogen and oxygen atoms in total.